The zero-order valence-electron chi connectivity index (χ0n) is 10.5. The van der Waals surface area contributed by atoms with Gasteiger partial charge in [-0.2, -0.15) is 17.6 Å². The second-order valence-corrected chi connectivity index (χ2v) is 6.04. The average Bonchev–Trinajstić information content (AvgIpc) is 2.44. The predicted octanol–water partition coefficient (Wildman–Crippen LogP) is 7.18. The molecule has 0 saturated carbocycles. The molecule has 0 fully saturated rings. The van der Waals surface area contributed by atoms with Gasteiger partial charge in [-0.25, -0.2) is 0 Å². The third-order valence-corrected chi connectivity index (χ3v) is 4.44. The molecule has 0 aliphatic carbocycles. The molecular weight excluding hydrogens is 386 g/mol. The molecule has 22 heavy (non-hydrogen) atoms. The van der Waals surface area contributed by atoms with E-state index >= 15 is 0 Å². The van der Waals surface area contributed by atoms with Crippen molar-refractivity contribution in [2.45, 2.75) is 11.8 Å². The van der Waals surface area contributed by atoms with Crippen molar-refractivity contribution in [1.82, 2.24) is 0 Å². The van der Waals surface area contributed by atoms with Crippen LogP contribution in [0.15, 0.2) is 36.4 Å². The highest BCUT2D eigenvalue weighted by Gasteiger charge is 2.58. The normalized spacial score (nSPS) is 12.5. The average molecular weight is 392 g/mol. The minimum absolute atomic E-state index is 0.0147. The molecule has 0 atom stereocenters. The maximum Gasteiger partial charge on any atom is 0.339 e. The number of hydrogen-bond donors (Lipinski definition) is 0. The third-order valence-electron chi connectivity index (χ3n) is 2.96. The summed E-state index contributed by atoms with van der Waals surface area (Å²) in [4.78, 5) is 0. The molecule has 0 radical (unpaired) electrons. The molecule has 2 rings (SSSR count). The maximum atomic E-state index is 14.2. The molecule has 0 heterocycles. The summed E-state index contributed by atoms with van der Waals surface area (Å²) < 4.78 is 56.9. The lowest BCUT2D eigenvalue weighted by Crippen LogP contribution is -2.35. The van der Waals surface area contributed by atoms with Crippen molar-refractivity contribution in [1.29, 1.82) is 0 Å². The van der Waals surface area contributed by atoms with Gasteiger partial charge in [-0.05, 0) is 24.3 Å². The first-order valence-corrected chi connectivity index (χ1v) is 7.25. The van der Waals surface area contributed by atoms with Gasteiger partial charge in [0.25, 0.3) is 0 Å². The van der Waals surface area contributed by atoms with Crippen LogP contribution in [0.1, 0.15) is 11.1 Å². The van der Waals surface area contributed by atoms with E-state index in [0.29, 0.717) is 12.1 Å². The fourth-order valence-corrected chi connectivity index (χ4v) is 2.34. The fraction of sp³-hybridized carbons (Fsp3) is 0.143. The van der Waals surface area contributed by atoms with Gasteiger partial charge in [0.15, 0.2) is 0 Å². The Kier molecular flexibility index (Phi) is 4.88. The molecule has 2 aromatic carbocycles. The summed E-state index contributed by atoms with van der Waals surface area (Å²) in [5.41, 5.74) is -1.92. The van der Waals surface area contributed by atoms with Crippen LogP contribution in [0, 0.1) is 0 Å². The Balaban J connectivity index is 2.53. The van der Waals surface area contributed by atoms with Gasteiger partial charge >= 0.3 is 11.8 Å². The van der Waals surface area contributed by atoms with Crippen LogP contribution in [-0.4, -0.2) is 0 Å². The molecule has 0 N–H and O–H groups in total. The van der Waals surface area contributed by atoms with Crippen molar-refractivity contribution in [3.8, 4) is 0 Å². The highest BCUT2D eigenvalue weighted by Crippen LogP contribution is 2.50. The SMILES string of the molecule is FC(F)(c1ccc(Cl)c(Cl)c1)C(F)(F)c1ccc(Cl)c(Cl)c1. The molecule has 0 aliphatic heterocycles. The molecule has 0 bridgehead atoms. The molecule has 0 saturated heterocycles. The molecule has 0 nitrogen and oxygen atoms in total. The van der Waals surface area contributed by atoms with Crippen LogP contribution in [0.25, 0.3) is 0 Å². The van der Waals surface area contributed by atoms with Crippen LogP contribution in [0.2, 0.25) is 20.1 Å². The van der Waals surface area contributed by atoms with Gasteiger partial charge in [-0.1, -0.05) is 58.5 Å². The lowest BCUT2D eigenvalue weighted by atomic mass is 9.96. The topological polar surface area (TPSA) is 0 Å². The van der Waals surface area contributed by atoms with Crippen molar-refractivity contribution in [2.75, 3.05) is 0 Å². The van der Waals surface area contributed by atoms with Crippen molar-refractivity contribution < 1.29 is 17.6 Å². The highest BCUT2D eigenvalue weighted by molar-refractivity contribution is 6.42. The molecule has 0 spiro atoms. The summed E-state index contributed by atoms with van der Waals surface area (Å²) in [6, 6.07) is 5.04. The van der Waals surface area contributed by atoms with E-state index in [-0.39, 0.29) is 20.1 Å². The lowest BCUT2D eigenvalue weighted by Gasteiger charge is -2.27. The molecule has 8 heteroatoms. The second kappa shape index (κ2) is 6.08. The van der Waals surface area contributed by atoms with Crippen LogP contribution >= 0.6 is 46.4 Å². The van der Waals surface area contributed by atoms with Gasteiger partial charge in [0.05, 0.1) is 20.1 Å². The first kappa shape index (κ1) is 17.7. The van der Waals surface area contributed by atoms with Gasteiger partial charge in [-0.3, -0.25) is 0 Å². The Morgan fingerprint density at radius 1 is 0.545 bits per heavy atom. The van der Waals surface area contributed by atoms with Crippen molar-refractivity contribution >= 4 is 46.4 Å². The summed E-state index contributed by atoms with van der Waals surface area (Å²) in [5, 5.41) is -0.522. The summed E-state index contributed by atoms with van der Waals surface area (Å²) in [5.74, 6) is -9.03. The van der Waals surface area contributed by atoms with E-state index in [9.17, 15) is 17.6 Å². The van der Waals surface area contributed by atoms with Gasteiger partial charge in [0, 0.05) is 11.1 Å². The lowest BCUT2D eigenvalue weighted by molar-refractivity contribution is -0.223. The number of halogens is 8. The molecule has 0 amide bonds. The van der Waals surface area contributed by atoms with Crippen LogP contribution in [-0.2, 0) is 11.8 Å². The number of hydrogen-bond acceptors (Lipinski definition) is 0. The largest absolute Gasteiger partial charge is 0.339 e. The van der Waals surface area contributed by atoms with Gasteiger partial charge in [0.1, 0.15) is 0 Å². The first-order valence-electron chi connectivity index (χ1n) is 5.74. The Hall–Kier alpha value is -0.680. The smallest absolute Gasteiger partial charge is 0.194 e. The Bertz CT molecular complexity index is 654. The van der Waals surface area contributed by atoms with E-state index < -0.39 is 23.0 Å². The first-order chi connectivity index (χ1) is 10.1. The molecule has 118 valence electrons. The monoisotopic (exact) mass is 390 g/mol. The quantitative estimate of drug-likeness (QED) is 0.486. The molecular formula is C14H6Cl4F4. The van der Waals surface area contributed by atoms with E-state index in [0.717, 1.165) is 24.3 Å². The summed E-state index contributed by atoms with van der Waals surface area (Å²) >= 11 is 22.4. The summed E-state index contributed by atoms with van der Waals surface area (Å²) in [7, 11) is 0. The number of benzene rings is 2. The predicted molar refractivity (Wildman–Crippen MR) is 80.7 cm³/mol. The van der Waals surface area contributed by atoms with E-state index in [1.807, 2.05) is 0 Å². The molecule has 0 aliphatic rings. The van der Waals surface area contributed by atoms with Crippen LogP contribution in [0.3, 0.4) is 0 Å². The molecule has 2 aromatic rings. The molecule has 0 unspecified atom stereocenters. The van der Waals surface area contributed by atoms with Gasteiger partial charge in [-0.15, -0.1) is 0 Å². The summed E-state index contributed by atoms with van der Waals surface area (Å²) in [6.07, 6.45) is 0. The number of alkyl halides is 4. The van der Waals surface area contributed by atoms with Crippen molar-refractivity contribution in [2.24, 2.45) is 0 Å². The minimum Gasteiger partial charge on any atom is -0.194 e. The maximum absolute atomic E-state index is 14.2. The van der Waals surface area contributed by atoms with E-state index in [1.165, 1.54) is 0 Å². The fourth-order valence-electron chi connectivity index (χ4n) is 1.75. The van der Waals surface area contributed by atoms with Crippen LogP contribution in [0.4, 0.5) is 17.6 Å². The standard InChI is InChI=1S/C14H6Cl4F4/c15-9-3-1-7(5-11(9)17)13(19,20)14(21,22)8-2-4-10(16)12(18)6-8/h1-6H. The van der Waals surface area contributed by atoms with E-state index in [1.54, 1.807) is 0 Å². The minimum atomic E-state index is -4.52. The van der Waals surface area contributed by atoms with Crippen molar-refractivity contribution in [3.05, 3.63) is 67.6 Å². The Morgan fingerprint density at radius 2 is 0.864 bits per heavy atom. The van der Waals surface area contributed by atoms with Crippen molar-refractivity contribution in [3.63, 3.8) is 0 Å². The van der Waals surface area contributed by atoms with Crippen LogP contribution in [0.5, 0.6) is 0 Å². The third kappa shape index (κ3) is 3.02. The molecule has 0 aromatic heterocycles. The zero-order valence-corrected chi connectivity index (χ0v) is 13.5. The van der Waals surface area contributed by atoms with E-state index in [2.05, 4.69) is 0 Å². The highest BCUT2D eigenvalue weighted by atomic mass is 35.5. The Labute approximate surface area is 143 Å². The van der Waals surface area contributed by atoms with E-state index in [4.69, 9.17) is 46.4 Å². The van der Waals surface area contributed by atoms with Crippen LogP contribution < -0.4 is 0 Å². The zero-order chi connectivity index (χ0) is 16.7. The Morgan fingerprint density at radius 3 is 1.14 bits per heavy atom. The number of rotatable bonds is 3. The van der Waals surface area contributed by atoms with Gasteiger partial charge in [0.2, 0.25) is 0 Å². The second-order valence-electron chi connectivity index (χ2n) is 4.41. The summed E-state index contributed by atoms with van der Waals surface area (Å²) in [6.45, 7) is 0. The van der Waals surface area contributed by atoms with Gasteiger partial charge < -0.3 is 0 Å².